The van der Waals surface area contributed by atoms with E-state index in [9.17, 15) is 4.79 Å². The highest BCUT2D eigenvalue weighted by Crippen LogP contribution is 2.20. The van der Waals surface area contributed by atoms with Crippen LogP contribution in [0, 0.1) is 0 Å². The Morgan fingerprint density at radius 2 is 2.12 bits per heavy atom. The first-order chi connectivity index (χ1) is 8.22. The van der Waals surface area contributed by atoms with E-state index in [-0.39, 0.29) is 12.5 Å². The van der Waals surface area contributed by atoms with Gasteiger partial charge in [-0.1, -0.05) is 13.3 Å². The molecule has 0 saturated heterocycles. The summed E-state index contributed by atoms with van der Waals surface area (Å²) in [6.45, 7) is 2.23. The molecular weight excluding hydrogens is 220 g/mol. The maximum atomic E-state index is 11.2. The largest absolute Gasteiger partial charge is 0.361 e. The van der Waals surface area contributed by atoms with Crippen LogP contribution in [0.15, 0.2) is 6.33 Å². The fraction of sp³-hybridized carbons (Fsp3) is 0.500. The van der Waals surface area contributed by atoms with Crippen molar-refractivity contribution in [1.82, 2.24) is 15.3 Å². The summed E-state index contributed by atoms with van der Waals surface area (Å²) in [6, 6.07) is 0. The number of anilines is 2. The van der Waals surface area contributed by atoms with Crippen molar-refractivity contribution in [3.8, 4) is 0 Å². The van der Waals surface area contributed by atoms with Gasteiger partial charge in [0.2, 0.25) is 5.91 Å². The molecule has 94 valence electrons. The van der Waals surface area contributed by atoms with Crippen molar-refractivity contribution in [3.63, 3.8) is 0 Å². The Morgan fingerprint density at radius 3 is 2.71 bits per heavy atom. The molecule has 0 aliphatic heterocycles. The van der Waals surface area contributed by atoms with Gasteiger partial charge in [-0.05, 0) is 6.42 Å². The highest BCUT2D eigenvalue weighted by atomic mass is 16.1. The molecule has 5 N–H and O–H groups in total. The molecule has 0 atom stereocenters. The number of nitrogens with one attached hydrogen (secondary N) is 3. The topological polar surface area (TPSA) is 105 Å². The Bertz CT molecular complexity index is 381. The van der Waals surface area contributed by atoms with Crippen LogP contribution >= 0.6 is 0 Å². The standard InChI is InChI=1S/C10H18N6O/c1-3-4-7-9(13-5-8(17)12-2)14-6-15-10(7)16-11/h6H,3-5,11H2,1-2H3,(H,12,17)(H2,13,14,15,16). The molecule has 1 amide bonds. The maximum absolute atomic E-state index is 11.2. The predicted octanol–water partition coefficient (Wildman–Crippen LogP) is -0.127. The molecule has 1 aromatic heterocycles. The van der Waals surface area contributed by atoms with E-state index >= 15 is 0 Å². The van der Waals surface area contributed by atoms with Crippen molar-refractivity contribution < 1.29 is 4.79 Å². The summed E-state index contributed by atoms with van der Waals surface area (Å²) in [5, 5.41) is 5.49. The number of hydrazine groups is 1. The van der Waals surface area contributed by atoms with Crippen LogP contribution in [0.2, 0.25) is 0 Å². The number of nitrogens with two attached hydrogens (primary N) is 1. The second-order valence-corrected chi connectivity index (χ2v) is 3.47. The monoisotopic (exact) mass is 238 g/mol. The molecule has 0 radical (unpaired) electrons. The van der Waals surface area contributed by atoms with Gasteiger partial charge in [0.05, 0.1) is 6.54 Å². The smallest absolute Gasteiger partial charge is 0.239 e. The van der Waals surface area contributed by atoms with Crippen molar-refractivity contribution in [2.45, 2.75) is 19.8 Å². The molecule has 0 bridgehead atoms. The molecule has 1 heterocycles. The highest BCUT2D eigenvalue weighted by Gasteiger charge is 2.10. The normalized spacial score (nSPS) is 9.82. The van der Waals surface area contributed by atoms with Gasteiger partial charge in [0, 0.05) is 12.6 Å². The summed E-state index contributed by atoms with van der Waals surface area (Å²) in [5.41, 5.74) is 3.42. The summed E-state index contributed by atoms with van der Waals surface area (Å²) in [5.74, 6) is 6.50. The summed E-state index contributed by atoms with van der Waals surface area (Å²) >= 11 is 0. The van der Waals surface area contributed by atoms with Gasteiger partial charge in [0.15, 0.2) is 0 Å². The van der Waals surface area contributed by atoms with Gasteiger partial charge in [-0.25, -0.2) is 15.8 Å². The van der Waals surface area contributed by atoms with Crippen molar-refractivity contribution in [3.05, 3.63) is 11.9 Å². The van der Waals surface area contributed by atoms with Crippen molar-refractivity contribution in [2.75, 3.05) is 24.3 Å². The molecule has 1 rings (SSSR count). The summed E-state index contributed by atoms with van der Waals surface area (Å²) in [7, 11) is 1.59. The average molecular weight is 238 g/mol. The zero-order valence-corrected chi connectivity index (χ0v) is 10.1. The number of carbonyl (C=O) groups excluding carboxylic acids is 1. The van der Waals surface area contributed by atoms with E-state index in [1.807, 2.05) is 0 Å². The van der Waals surface area contributed by atoms with Gasteiger partial charge < -0.3 is 16.1 Å². The molecule has 7 nitrogen and oxygen atoms in total. The van der Waals surface area contributed by atoms with Crippen molar-refractivity contribution >= 4 is 17.5 Å². The Balaban J connectivity index is 2.85. The van der Waals surface area contributed by atoms with Crippen LogP contribution in [0.3, 0.4) is 0 Å². The summed E-state index contributed by atoms with van der Waals surface area (Å²) in [4.78, 5) is 19.3. The minimum Gasteiger partial charge on any atom is -0.361 e. The third kappa shape index (κ3) is 3.56. The number of hydrogen-bond donors (Lipinski definition) is 4. The number of nitrogen functional groups attached to an aromatic ring is 1. The molecule has 0 saturated carbocycles. The van der Waals surface area contributed by atoms with Gasteiger partial charge >= 0.3 is 0 Å². The molecule has 0 spiro atoms. The molecule has 17 heavy (non-hydrogen) atoms. The lowest BCUT2D eigenvalue weighted by molar-refractivity contribution is -0.118. The number of nitrogens with zero attached hydrogens (tertiary/aromatic N) is 2. The van der Waals surface area contributed by atoms with Crippen molar-refractivity contribution in [1.29, 1.82) is 0 Å². The SMILES string of the molecule is CCCc1c(NN)ncnc1NCC(=O)NC. The lowest BCUT2D eigenvalue weighted by atomic mass is 10.1. The van der Waals surface area contributed by atoms with Crippen LogP contribution in [0.4, 0.5) is 11.6 Å². The quantitative estimate of drug-likeness (QED) is 0.406. The Kier molecular flexibility index (Phi) is 5.15. The first kappa shape index (κ1) is 13.2. The number of amides is 1. The zero-order valence-electron chi connectivity index (χ0n) is 10.1. The van der Waals surface area contributed by atoms with Gasteiger partial charge in [0.1, 0.15) is 18.0 Å². The van der Waals surface area contributed by atoms with E-state index in [0.29, 0.717) is 11.6 Å². The fourth-order valence-electron chi connectivity index (χ4n) is 1.43. The summed E-state index contributed by atoms with van der Waals surface area (Å²) in [6.07, 6.45) is 3.13. The zero-order chi connectivity index (χ0) is 12.7. The van der Waals surface area contributed by atoms with Gasteiger partial charge in [-0.2, -0.15) is 0 Å². The second kappa shape index (κ2) is 6.64. The van der Waals surface area contributed by atoms with E-state index in [1.165, 1.54) is 6.33 Å². The molecule has 0 unspecified atom stereocenters. The molecule has 1 aromatic rings. The first-order valence-corrected chi connectivity index (χ1v) is 5.47. The van der Waals surface area contributed by atoms with E-state index in [0.717, 1.165) is 18.4 Å². The van der Waals surface area contributed by atoms with Crippen LogP contribution in [-0.2, 0) is 11.2 Å². The molecule has 0 aliphatic rings. The van der Waals surface area contributed by atoms with Crippen LogP contribution < -0.4 is 21.9 Å². The molecular formula is C10H18N6O. The maximum Gasteiger partial charge on any atom is 0.239 e. The minimum absolute atomic E-state index is 0.103. The van der Waals surface area contributed by atoms with Gasteiger partial charge in [-0.3, -0.25) is 4.79 Å². The number of likely N-dealkylation sites (N-methyl/N-ethyl adjacent to an activating group) is 1. The first-order valence-electron chi connectivity index (χ1n) is 5.47. The second-order valence-electron chi connectivity index (χ2n) is 3.47. The highest BCUT2D eigenvalue weighted by molar-refractivity contribution is 5.80. The summed E-state index contributed by atoms with van der Waals surface area (Å²) < 4.78 is 0. The number of rotatable bonds is 6. The van der Waals surface area contributed by atoms with Crippen LogP contribution in [0.5, 0.6) is 0 Å². The number of hydrogen-bond acceptors (Lipinski definition) is 6. The Labute approximate surface area is 100 Å². The molecule has 0 fully saturated rings. The lowest BCUT2D eigenvalue weighted by Crippen LogP contribution is -2.27. The van der Waals surface area contributed by atoms with E-state index in [2.05, 4.69) is 33.0 Å². The fourth-order valence-corrected chi connectivity index (χ4v) is 1.43. The predicted molar refractivity (Wildman–Crippen MR) is 66.4 cm³/mol. The Morgan fingerprint density at radius 1 is 1.41 bits per heavy atom. The molecule has 0 aliphatic carbocycles. The van der Waals surface area contributed by atoms with Crippen LogP contribution in [-0.4, -0.2) is 29.5 Å². The molecule has 0 aromatic carbocycles. The van der Waals surface area contributed by atoms with Gasteiger partial charge in [0.25, 0.3) is 0 Å². The number of aromatic nitrogens is 2. The average Bonchev–Trinajstić information content (AvgIpc) is 2.37. The van der Waals surface area contributed by atoms with E-state index in [4.69, 9.17) is 5.84 Å². The third-order valence-corrected chi connectivity index (χ3v) is 2.28. The van der Waals surface area contributed by atoms with Crippen molar-refractivity contribution in [2.24, 2.45) is 5.84 Å². The van der Waals surface area contributed by atoms with Gasteiger partial charge in [-0.15, -0.1) is 0 Å². The van der Waals surface area contributed by atoms with E-state index in [1.54, 1.807) is 7.05 Å². The third-order valence-electron chi connectivity index (χ3n) is 2.28. The number of carbonyl (C=O) groups is 1. The lowest BCUT2D eigenvalue weighted by Gasteiger charge is -2.12. The minimum atomic E-state index is -0.103. The molecule has 7 heteroatoms. The van der Waals surface area contributed by atoms with Crippen LogP contribution in [0.25, 0.3) is 0 Å². The van der Waals surface area contributed by atoms with Crippen LogP contribution in [0.1, 0.15) is 18.9 Å². The van der Waals surface area contributed by atoms with E-state index < -0.39 is 0 Å². The Hall–Kier alpha value is -1.89.